The number of nitrogens with zero attached hydrogens (tertiary/aromatic N) is 1. The van der Waals surface area contributed by atoms with Gasteiger partial charge in [0.2, 0.25) is 0 Å². The molecule has 0 fully saturated rings. The summed E-state index contributed by atoms with van der Waals surface area (Å²) in [6.07, 6.45) is 0. The summed E-state index contributed by atoms with van der Waals surface area (Å²) >= 11 is 1.48. The van der Waals surface area contributed by atoms with Gasteiger partial charge in [0.15, 0.2) is 16.6 Å². The van der Waals surface area contributed by atoms with E-state index in [1.54, 1.807) is 18.2 Å². The summed E-state index contributed by atoms with van der Waals surface area (Å²) in [5.74, 6) is 0.984. The van der Waals surface area contributed by atoms with Gasteiger partial charge in [0.25, 0.3) is 5.91 Å². The van der Waals surface area contributed by atoms with Gasteiger partial charge < -0.3 is 9.47 Å². The average molecular weight is 370 g/mol. The number of amides is 1. The maximum absolute atomic E-state index is 12.6. The number of hydrogen-bond acceptors (Lipinski definition) is 5. The second-order valence-corrected chi connectivity index (χ2v) is 6.93. The van der Waals surface area contributed by atoms with Crippen molar-refractivity contribution in [2.45, 2.75) is 27.7 Å². The number of carbonyl (C=O) groups excluding carboxylic acids is 1. The van der Waals surface area contributed by atoms with E-state index in [2.05, 4.69) is 23.3 Å². The lowest BCUT2D eigenvalue weighted by Gasteiger charge is -2.12. The van der Waals surface area contributed by atoms with Gasteiger partial charge in [-0.2, -0.15) is 0 Å². The molecule has 0 saturated heterocycles. The van der Waals surface area contributed by atoms with Crippen LogP contribution in [0, 0.1) is 13.8 Å². The van der Waals surface area contributed by atoms with Gasteiger partial charge in [-0.3, -0.25) is 10.1 Å². The van der Waals surface area contributed by atoms with Crippen LogP contribution in [0.25, 0.3) is 10.2 Å². The van der Waals surface area contributed by atoms with Crippen molar-refractivity contribution >= 4 is 32.6 Å². The van der Waals surface area contributed by atoms with E-state index in [-0.39, 0.29) is 5.91 Å². The van der Waals surface area contributed by atoms with Gasteiger partial charge in [0, 0.05) is 5.56 Å². The molecule has 1 aromatic heterocycles. The van der Waals surface area contributed by atoms with Crippen molar-refractivity contribution in [1.82, 2.24) is 4.98 Å². The number of aryl methyl sites for hydroxylation is 2. The number of thiazole rings is 1. The van der Waals surface area contributed by atoms with Crippen molar-refractivity contribution in [3.05, 3.63) is 47.0 Å². The first-order valence-corrected chi connectivity index (χ1v) is 9.42. The van der Waals surface area contributed by atoms with E-state index >= 15 is 0 Å². The highest BCUT2D eigenvalue weighted by Crippen LogP contribution is 2.31. The van der Waals surface area contributed by atoms with E-state index in [4.69, 9.17) is 9.47 Å². The SMILES string of the molecule is CCOc1ccc(C(=O)Nc2nc3cc(C)cc(C)c3s2)cc1OCC. The molecule has 0 aliphatic carbocycles. The van der Waals surface area contributed by atoms with Crippen LogP contribution in [0.1, 0.15) is 35.3 Å². The first-order chi connectivity index (χ1) is 12.5. The summed E-state index contributed by atoms with van der Waals surface area (Å²) in [4.78, 5) is 17.2. The van der Waals surface area contributed by atoms with Crippen LogP contribution in [-0.4, -0.2) is 24.1 Å². The lowest BCUT2D eigenvalue weighted by molar-refractivity contribution is 0.102. The molecule has 26 heavy (non-hydrogen) atoms. The molecule has 0 bridgehead atoms. The van der Waals surface area contributed by atoms with Crippen molar-refractivity contribution in [3.63, 3.8) is 0 Å². The van der Waals surface area contributed by atoms with Crippen LogP contribution < -0.4 is 14.8 Å². The van der Waals surface area contributed by atoms with Gasteiger partial charge in [-0.25, -0.2) is 4.98 Å². The normalized spacial score (nSPS) is 10.8. The summed E-state index contributed by atoms with van der Waals surface area (Å²) in [6.45, 7) is 8.94. The number of carbonyl (C=O) groups is 1. The first kappa shape index (κ1) is 18.2. The Hall–Kier alpha value is -2.60. The van der Waals surface area contributed by atoms with E-state index in [9.17, 15) is 4.79 Å². The second-order valence-electron chi connectivity index (χ2n) is 5.93. The Balaban J connectivity index is 1.85. The molecule has 0 aliphatic rings. The molecule has 0 aliphatic heterocycles. The summed E-state index contributed by atoms with van der Waals surface area (Å²) in [6, 6.07) is 9.33. The van der Waals surface area contributed by atoms with Gasteiger partial charge >= 0.3 is 0 Å². The fraction of sp³-hybridized carbons (Fsp3) is 0.300. The number of fused-ring (bicyclic) bond motifs is 1. The fourth-order valence-corrected chi connectivity index (χ4v) is 3.70. The minimum Gasteiger partial charge on any atom is -0.490 e. The summed E-state index contributed by atoms with van der Waals surface area (Å²) < 4.78 is 12.2. The predicted molar refractivity (Wildman–Crippen MR) is 106 cm³/mol. The number of anilines is 1. The standard InChI is InChI=1S/C20H22N2O3S/c1-5-24-16-8-7-14(11-17(16)25-6-2)19(23)22-20-21-15-10-12(3)9-13(4)18(15)26-20/h7-11H,5-6H2,1-4H3,(H,21,22,23). The van der Waals surface area contributed by atoms with E-state index in [1.807, 2.05) is 26.8 Å². The molecule has 0 atom stereocenters. The smallest absolute Gasteiger partial charge is 0.257 e. The molecule has 1 N–H and O–H groups in total. The highest BCUT2D eigenvalue weighted by molar-refractivity contribution is 7.22. The number of hydrogen-bond donors (Lipinski definition) is 1. The van der Waals surface area contributed by atoms with Crippen molar-refractivity contribution in [1.29, 1.82) is 0 Å². The average Bonchev–Trinajstić information content (AvgIpc) is 2.99. The molecule has 1 heterocycles. The molecular formula is C20H22N2O3S. The van der Waals surface area contributed by atoms with Crippen LogP contribution in [-0.2, 0) is 0 Å². The first-order valence-electron chi connectivity index (χ1n) is 8.60. The minimum absolute atomic E-state index is 0.220. The number of benzene rings is 2. The lowest BCUT2D eigenvalue weighted by atomic mass is 10.1. The zero-order valence-electron chi connectivity index (χ0n) is 15.4. The van der Waals surface area contributed by atoms with Crippen LogP contribution in [0.5, 0.6) is 11.5 Å². The van der Waals surface area contributed by atoms with E-state index in [1.165, 1.54) is 11.3 Å². The molecule has 136 valence electrons. The van der Waals surface area contributed by atoms with Crippen molar-refractivity contribution in [2.75, 3.05) is 18.5 Å². The maximum atomic E-state index is 12.6. The van der Waals surface area contributed by atoms with Crippen LogP contribution >= 0.6 is 11.3 Å². The molecule has 2 aromatic carbocycles. The third-order valence-electron chi connectivity index (χ3n) is 3.85. The van der Waals surface area contributed by atoms with Crippen LogP contribution in [0.4, 0.5) is 5.13 Å². The molecule has 1 amide bonds. The third kappa shape index (κ3) is 3.80. The molecule has 5 nitrogen and oxygen atoms in total. The van der Waals surface area contributed by atoms with E-state index in [0.29, 0.717) is 35.4 Å². The van der Waals surface area contributed by atoms with Crippen molar-refractivity contribution in [2.24, 2.45) is 0 Å². The van der Waals surface area contributed by atoms with Crippen LogP contribution in [0.2, 0.25) is 0 Å². The summed E-state index contributed by atoms with van der Waals surface area (Å²) in [7, 11) is 0. The van der Waals surface area contributed by atoms with Crippen molar-refractivity contribution in [3.8, 4) is 11.5 Å². The Kier molecular flexibility index (Phi) is 5.42. The summed E-state index contributed by atoms with van der Waals surface area (Å²) in [5.41, 5.74) is 3.73. The van der Waals surface area contributed by atoms with Gasteiger partial charge in [-0.15, -0.1) is 0 Å². The molecule has 0 radical (unpaired) electrons. The van der Waals surface area contributed by atoms with E-state index < -0.39 is 0 Å². The zero-order valence-corrected chi connectivity index (χ0v) is 16.2. The van der Waals surface area contributed by atoms with Crippen molar-refractivity contribution < 1.29 is 14.3 Å². The molecule has 0 spiro atoms. The largest absolute Gasteiger partial charge is 0.490 e. The number of ether oxygens (including phenoxy) is 2. The molecule has 3 rings (SSSR count). The zero-order chi connectivity index (χ0) is 18.7. The van der Waals surface area contributed by atoms with Gasteiger partial charge in [0.1, 0.15) is 0 Å². The van der Waals surface area contributed by atoms with Gasteiger partial charge in [-0.05, 0) is 63.1 Å². The third-order valence-corrected chi connectivity index (χ3v) is 4.97. The highest BCUT2D eigenvalue weighted by Gasteiger charge is 2.14. The quantitative estimate of drug-likeness (QED) is 0.666. The monoisotopic (exact) mass is 370 g/mol. The Morgan fingerprint density at radius 1 is 1.08 bits per heavy atom. The Bertz CT molecular complexity index is 950. The predicted octanol–water partition coefficient (Wildman–Crippen LogP) is 4.96. The number of aromatic nitrogens is 1. The van der Waals surface area contributed by atoms with E-state index in [0.717, 1.165) is 21.3 Å². The van der Waals surface area contributed by atoms with Crippen LogP contribution in [0.3, 0.4) is 0 Å². The molecule has 0 unspecified atom stereocenters. The molecule has 6 heteroatoms. The molecule has 3 aromatic rings. The van der Waals surface area contributed by atoms with Gasteiger partial charge in [-0.1, -0.05) is 17.4 Å². The maximum Gasteiger partial charge on any atom is 0.257 e. The minimum atomic E-state index is -0.220. The topological polar surface area (TPSA) is 60.5 Å². The van der Waals surface area contributed by atoms with Gasteiger partial charge in [0.05, 0.1) is 23.4 Å². The van der Waals surface area contributed by atoms with Crippen LogP contribution in [0.15, 0.2) is 30.3 Å². The summed E-state index contributed by atoms with van der Waals surface area (Å²) in [5, 5.41) is 3.48. The number of nitrogens with one attached hydrogen (secondary N) is 1. The highest BCUT2D eigenvalue weighted by atomic mass is 32.1. The molecule has 0 saturated carbocycles. The Labute approximate surface area is 157 Å². The number of rotatable bonds is 6. The Morgan fingerprint density at radius 3 is 2.54 bits per heavy atom. The lowest BCUT2D eigenvalue weighted by Crippen LogP contribution is -2.12. The second kappa shape index (κ2) is 7.74. The molecular weight excluding hydrogens is 348 g/mol. The Morgan fingerprint density at radius 2 is 1.81 bits per heavy atom. The fourth-order valence-electron chi connectivity index (χ4n) is 2.79.